The Morgan fingerprint density at radius 3 is 1.07 bits per heavy atom. The minimum absolute atomic E-state index is 0.0863. The SMILES string of the molecule is CC/C=C\C/C=C\C/C=C\CCCCCCC(=O)OCC(COC(=O)CCCCC/C=C\CCCCCCCC)OC(=O)CCCCCCCCCCCCCCCC. The Kier molecular flexibility index (Phi) is 45.9. The van der Waals surface area contributed by atoms with Gasteiger partial charge in [0.25, 0.3) is 0 Å². The molecular weight excluding hydrogens is 733 g/mol. The average Bonchev–Trinajstić information content (AvgIpc) is 3.23. The molecule has 0 spiro atoms. The summed E-state index contributed by atoms with van der Waals surface area (Å²) in [6.45, 7) is 6.49. The zero-order valence-corrected chi connectivity index (χ0v) is 39.0. The summed E-state index contributed by atoms with van der Waals surface area (Å²) in [5, 5.41) is 0. The van der Waals surface area contributed by atoms with Gasteiger partial charge >= 0.3 is 17.9 Å². The van der Waals surface area contributed by atoms with E-state index in [9.17, 15) is 14.4 Å². The molecule has 1 atom stereocenters. The maximum atomic E-state index is 12.8. The predicted molar refractivity (Wildman–Crippen MR) is 252 cm³/mol. The van der Waals surface area contributed by atoms with Crippen LogP contribution in [-0.4, -0.2) is 37.2 Å². The zero-order chi connectivity index (χ0) is 43.0. The molecule has 0 fully saturated rings. The molecular formula is C53H94O6. The number of esters is 3. The van der Waals surface area contributed by atoms with Crippen molar-refractivity contribution in [2.45, 2.75) is 258 Å². The van der Waals surface area contributed by atoms with Gasteiger partial charge in [0.05, 0.1) is 0 Å². The molecule has 0 aliphatic carbocycles. The lowest BCUT2D eigenvalue weighted by atomic mass is 10.0. The third kappa shape index (κ3) is 46.3. The minimum atomic E-state index is -0.784. The van der Waals surface area contributed by atoms with Gasteiger partial charge in [-0.2, -0.15) is 0 Å². The van der Waals surface area contributed by atoms with Crippen LogP contribution in [0.3, 0.4) is 0 Å². The van der Waals surface area contributed by atoms with E-state index in [0.29, 0.717) is 19.3 Å². The maximum absolute atomic E-state index is 12.8. The monoisotopic (exact) mass is 827 g/mol. The lowest BCUT2D eigenvalue weighted by Gasteiger charge is -2.18. The van der Waals surface area contributed by atoms with Crippen LogP contribution >= 0.6 is 0 Å². The van der Waals surface area contributed by atoms with E-state index in [1.165, 1.54) is 109 Å². The smallest absolute Gasteiger partial charge is 0.306 e. The molecule has 0 heterocycles. The highest BCUT2D eigenvalue weighted by atomic mass is 16.6. The Morgan fingerprint density at radius 1 is 0.356 bits per heavy atom. The molecule has 0 saturated carbocycles. The fraction of sp³-hybridized carbons (Fsp3) is 0.792. The first kappa shape index (κ1) is 56.4. The van der Waals surface area contributed by atoms with Crippen LogP contribution in [0.4, 0.5) is 0 Å². The lowest BCUT2D eigenvalue weighted by Crippen LogP contribution is -2.30. The summed E-state index contributed by atoms with van der Waals surface area (Å²) < 4.78 is 16.7. The van der Waals surface area contributed by atoms with Crippen LogP contribution in [-0.2, 0) is 28.6 Å². The van der Waals surface area contributed by atoms with Gasteiger partial charge in [-0.15, -0.1) is 0 Å². The van der Waals surface area contributed by atoms with Gasteiger partial charge in [0.1, 0.15) is 13.2 Å². The summed E-state index contributed by atoms with van der Waals surface area (Å²) in [6.07, 6.45) is 56.6. The van der Waals surface area contributed by atoms with Gasteiger partial charge in [-0.1, -0.05) is 204 Å². The van der Waals surface area contributed by atoms with Crippen LogP contribution < -0.4 is 0 Å². The molecule has 0 N–H and O–H groups in total. The molecule has 0 aromatic carbocycles. The van der Waals surface area contributed by atoms with Crippen molar-refractivity contribution < 1.29 is 28.6 Å². The van der Waals surface area contributed by atoms with Crippen LogP contribution in [0.5, 0.6) is 0 Å². The van der Waals surface area contributed by atoms with Gasteiger partial charge in [-0.25, -0.2) is 0 Å². The normalized spacial score (nSPS) is 12.4. The number of carbonyl (C=O) groups excluding carboxylic acids is 3. The zero-order valence-electron chi connectivity index (χ0n) is 39.0. The largest absolute Gasteiger partial charge is 0.462 e. The van der Waals surface area contributed by atoms with Crippen LogP contribution in [0.1, 0.15) is 252 Å². The molecule has 0 saturated heterocycles. The number of hydrogen-bond donors (Lipinski definition) is 0. The number of carbonyl (C=O) groups is 3. The van der Waals surface area contributed by atoms with E-state index >= 15 is 0 Å². The molecule has 0 aliphatic heterocycles. The summed E-state index contributed by atoms with van der Waals surface area (Å²) in [6, 6.07) is 0. The summed E-state index contributed by atoms with van der Waals surface area (Å²) >= 11 is 0. The second kappa shape index (κ2) is 48.0. The van der Waals surface area contributed by atoms with Crippen molar-refractivity contribution >= 4 is 17.9 Å². The molecule has 1 unspecified atom stereocenters. The molecule has 0 amide bonds. The Bertz CT molecular complexity index is 1040. The van der Waals surface area contributed by atoms with Gasteiger partial charge < -0.3 is 14.2 Å². The molecule has 0 aromatic heterocycles. The van der Waals surface area contributed by atoms with Crippen LogP contribution in [0.2, 0.25) is 0 Å². The summed E-state index contributed by atoms with van der Waals surface area (Å²) in [4.78, 5) is 37.9. The first-order chi connectivity index (χ1) is 29.0. The molecule has 0 aliphatic rings. The standard InChI is InChI=1S/C53H94O6/c1-4-7-10-13-16-19-22-25-28-31-34-37-40-43-46-52(55)58-49-50(48-57-51(54)45-42-39-36-33-30-27-24-21-18-15-12-9-6-3)59-53(56)47-44-41-38-35-32-29-26-23-20-17-14-11-8-5-2/h7,10,16,19,25,27-28,30,50H,4-6,8-9,11-15,17-18,20-24,26,29,31-49H2,1-3H3/b10-7-,19-16-,28-25-,30-27-. The van der Waals surface area contributed by atoms with Crippen molar-refractivity contribution in [3.8, 4) is 0 Å². The Hall–Kier alpha value is -2.63. The predicted octanol–water partition coefficient (Wildman–Crippen LogP) is 16.3. The Morgan fingerprint density at radius 2 is 0.661 bits per heavy atom. The highest BCUT2D eigenvalue weighted by Crippen LogP contribution is 2.15. The van der Waals surface area contributed by atoms with Gasteiger partial charge in [0.15, 0.2) is 6.10 Å². The van der Waals surface area contributed by atoms with E-state index in [1.807, 2.05) is 0 Å². The van der Waals surface area contributed by atoms with Crippen molar-refractivity contribution in [1.29, 1.82) is 0 Å². The second-order valence-electron chi connectivity index (χ2n) is 16.7. The quantitative estimate of drug-likeness (QED) is 0.0263. The Balaban J connectivity index is 4.42. The minimum Gasteiger partial charge on any atom is -0.462 e. The first-order valence-corrected chi connectivity index (χ1v) is 25.1. The maximum Gasteiger partial charge on any atom is 0.306 e. The van der Waals surface area contributed by atoms with Crippen LogP contribution in [0, 0.1) is 0 Å². The number of rotatable bonds is 45. The Labute approximate surface area is 365 Å². The van der Waals surface area contributed by atoms with Crippen molar-refractivity contribution in [3.05, 3.63) is 48.6 Å². The van der Waals surface area contributed by atoms with Crippen molar-refractivity contribution in [3.63, 3.8) is 0 Å². The summed E-state index contributed by atoms with van der Waals surface area (Å²) in [5.74, 6) is -0.917. The van der Waals surface area contributed by atoms with Gasteiger partial charge in [-0.05, 0) is 77.0 Å². The van der Waals surface area contributed by atoms with Gasteiger partial charge in [0.2, 0.25) is 0 Å². The van der Waals surface area contributed by atoms with E-state index in [1.54, 1.807) is 0 Å². The molecule has 342 valence electrons. The van der Waals surface area contributed by atoms with E-state index in [-0.39, 0.29) is 31.1 Å². The lowest BCUT2D eigenvalue weighted by molar-refractivity contribution is -0.167. The molecule has 0 radical (unpaired) electrons. The molecule has 0 aromatic rings. The second-order valence-corrected chi connectivity index (χ2v) is 16.7. The summed E-state index contributed by atoms with van der Waals surface area (Å²) in [7, 11) is 0. The van der Waals surface area contributed by atoms with E-state index in [0.717, 1.165) is 103 Å². The van der Waals surface area contributed by atoms with Crippen molar-refractivity contribution in [1.82, 2.24) is 0 Å². The number of ether oxygens (including phenoxy) is 3. The van der Waals surface area contributed by atoms with Crippen molar-refractivity contribution in [2.75, 3.05) is 13.2 Å². The highest BCUT2D eigenvalue weighted by Gasteiger charge is 2.19. The van der Waals surface area contributed by atoms with E-state index in [4.69, 9.17) is 14.2 Å². The molecule has 6 heteroatoms. The fourth-order valence-electron chi connectivity index (χ4n) is 7.04. The average molecular weight is 827 g/mol. The summed E-state index contributed by atoms with van der Waals surface area (Å²) in [5.41, 5.74) is 0. The number of unbranched alkanes of at least 4 members (excludes halogenated alkanes) is 26. The van der Waals surface area contributed by atoms with Crippen LogP contribution in [0.15, 0.2) is 48.6 Å². The van der Waals surface area contributed by atoms with E-state index in [2.05, 4.69) is 69.4 Å². The third-order valence-corrected chi connectivity index (χ3v) is 10.8. The number of allylic oxidation sites excluding steroid dienone is 8. The fourth-order valence-corrected chi connectivity index (χ4v) is 7.04. The van der Waals surface area contributed by atoms with Gasteiger partial charge in [-0.3, -0.25) is 14.4 Å². The first-order valence-electron chi connectivity index (χ1n) is 25.1. The molecule has 6 nitrogen and oxygen atoms in total. The number of hydrogen-bond acceptors (Lipinski definition) is 6. The van der Waals surface area contributed by atoms with Gasteiger partial charge in [0, 0.05) is 19.3 Å². The van der Waals surface area contributed by atoms with E-state index < -0.39 is 6.10 Å². The molecule has 0 rings (SSSR count). The third-order valence-electron chi connectivity index (χ3n) is 10.8. The highest BCUT2D eigenvalue weighted by molar-refractivity contribution is 5.71. The topological polar surface area (TPSA) is 78.9 Å². The molecule has 59 heavy (non-hydrogen) atoms. The van der Waals surface area contributed by atoms with Crippen molar-refractivity contribution in [2.24, 2.45) is 0 Å². The molecule has 0 bridgehead atoms. The van der Waals surface area contributed by atoms with Crippen LogP contribution in [0.25, 0.3) is 0 Å².